The van der Waals surface area contributed by atoms with E-state index >= 15 is 0 Å². The maximum atomic E-state index is 12.6. The Bertz CT molecular complexity index is 537. The zero-order valence-corrected chi connectivity index (χ0v) is 13.9. The van der Waals surface area contributed by atoms with Crippen molar-refractivity contribution in [1.29, 1.82) is 0 Å². The molecule has 0 radical (unpaired) electrons. The monoisotopic (exact) mass is 318 g/mol. The number of amides is 2. The van der Waals surface area contributed by atoms with Crippen LogP contribution in [0.4, 0.5) is 0 Å². The number of carbonyl (C=O) groups excluding carboxylic acids is 2. The molecule has 23 heavy (non-hydrogen) atoms. The highest BCUT2D eigenvalue weighted by atomic mass is 16.2. The molecule has 1 aliphatic heterocycles. The Morgan fingerprint density at radius 3 is 2.87 bits per heavy atom. The summed E-state index contributed by atoms with van der Waals surface area (Å²) < 4.78 is 1.87. The molecule has 0 aromatic carbocycles. The van der Waals surface area contributed by atoms with Gasteiger partial charge in [0, 0.05) is 51.5 Å². The Labute approximate surface area is 137 Å². The molecule has 1 saturated carbocycles. The smallest absolute Gasteiger partial charge is 0.227 e. The molecule has 0 bridgehead atoms. The van der Waals surface area contributed by atoms with Crippen LogP contribution in [0.2, 0.25) is 0 Å². The molecule has 0 spiro atoms. The van der Waals surface area contributed by atoms with E-state index in [1.165, 1.54) is 12.8 Å². The quantitative estimate of drug-likeness (QED) is 0.799. The molecule has 1 aliphatic carbocycles. The Morgan fingerprint density at radius 2 is 2.17 bits per heavy atom. The van der Waals surface area contributed by atoms with Gasteiger partial charge in [-0.3, -0.25) is 14.3 Å². The number of nitrogens with zero attached hydrogens (tertiary/aromatic N) is 4. The molecular formula is C17H26N4O2. The summed E-state index contributed by atoms with van der Waals surface area (Å²) >= 11 is 0. The second-order valence-corrected chi connectivity index (χ2v) is 6.77. The fourth-order valence-electron chi connectivity index (χ4n) is 3.79. The van der Waals surface area contributed by atoms with E-state index in [0.29, 0.717) is 25.6 Å². The van der Waals surface area contributed by atoms with E-state index < -0.39 is 0 Å². The molecule has 0 unspecified atom stereocenters. The van der Waals surface area contributed by atoms with Gasteiger partial charge in [0.05, 0.1) is 5.92 Å². The fraction of sp³-hybridized carbons (Fsp3) is 0.706. The number of likely N-dealkylation sites (tertiary alicyclic amines) is 1. The summed E-state index contributed by atoms with van der Waals surface area (Å²) in [4.78, 5) is 28.5. The van der Waals surface area contributed by atoms with Crippen LogP contribution in [-0.4, -0.2) is 57.6 Å². The maximum Gasteiger partial charge on any atom is 0.227 e. The van der Waals surface area contributed by atoms with Crippen molar-refractivity contribution in [1.82, 2.24) is 19.6 Å². The molecule has 1 aromatic heterocycles. The van der Waals surface area contributed by atoms with Crippen LogP contribution in [0.3, 0.4) is 0 Å². The van der Waals surface area contributed by atoms with E-state index in [1.54, 1.807) is 11.1 Å². The van der Waals surface area contributed by atoms with Crippen LogP contribution in [0.15, 0.2) is 18.5 Å². The predicted molar refractivity (Wildman–Crippen MR) is 86.6 cm³/mol. The van der Waals surface area contributed by atoms with Crippen LogP contribution in [0.5, 0.6) is 0 Å². The molecule has 2 amide bonds. The fourth-order valence-corrected chi connectivity index (χ4v) is 3.79. The molecule has 0 N–H and O–H groups in total. The standard InChI is InChI=1S/C17H26N4O2/c1-19(9-5-11-20-10-4-8-18-20)17(23)14-12-16(22)21(13-14)15-6-2-3-7-15/h4,8,10,14-15H,2-3,5-7,9,11-13H2,1H3/t14-/m1/s1. The Kier molecular flexibility index (Phi) is 4.98. The van der Waals surface area contributed by atoms with Crippen LogP contribution < -0.4 is 0 Å². The first-order chi connectivity index (χ1) is 11.1. The number of hydrogen-bond donors (Lipinski definition) is 0. The maximum absolute atomic E-state index is 12.6. The van der Waals surface area contributed by atoms with Crippen LogP contribution in [0.25, 0.3) is 0 Å². The first kappa shape index (κ1) is 16.0. The lowest BCUT2D eigenvalue weighted by Gasteiger charge is -2.25. The van der Waals surface area contributed by atoms with Gasteiger partial charge in [0.2, 0.25) is 11.8 Å². The summed E-state index contributed by atoms with van der Waals surface area (Å²) in [6.07, 6.45) is 9.57. The van der Waals surface area contributed by atoms with Gasteiger partial charge in [0.1, 0.15) is 0 Å². The molecule has 2 fully saturated rings. The molecule has 3 rings (SSSR count). The van der Waals surface area contributed by atoms with Gasteiger partial charge in [-0.1, -0.05) is 12.8 Å². The molecule has 6 heteroatoms. The van der Waals surface area contributed by atoms with Crippen molar-refractivity contribution >= 4 is 11.8 Å². The summed E-state index contributed by atoms with van der Waals surface area (Å²) in [6, 6.07) is 2.28. The van der Waals surface area contributed by atoms with E-state index in [9.17, 15) is 9.59 Å². The third-order valence-electron chi connectivity index (χ3n) is 5.09. The first-order valence-electron chi connectivity index (χ1n) is 8.67. The third kappa shape index (κ3) is 3.74. The van der Waals surface area contributed by atoms with Crippen molar-refractivity contribution in [3.63, 3.8) is 0 Å². The summed E-state index contributed by atoms with van der Waals surface area (Å²) in [6.45, 7) is 2.13. The van der Waals surface area contributed by atoms with E-state index in [0.717, 1.165) is 25.8 Å². The summed E-state index contributed by atoms with van der Waals surface area (Å²) in [7, 11) is 1.84. The van der Waals surface area contributed by atoms with Crippen molar-refractivity contribution in [2.24, 2.45) is 5.92 Å². The second-order valence-electron chi connectivity index (χ2n) is 6.77. The van der Waals surface area contributed by atoms with E-state index in [-0.39, 0.29) is 17.7 Å². The molecule has 1 atom stereocenters. The second kappa shape index (κ2) is 7.15. The van der Waals surface area contributed by atoms with Gasteiger partial charge in [0.25, 0.3) is 0 Å². The minimum absolute atomic E-state index is 0.110. The Hall–Kier alpha value is -1.85. The Morgan fingerprint density at radius 1 is 1.39 bits per heavy atom. The number of carbonyl (C=O) groups is 2. The lowest BCUT2D eigenvalue weighted by Crippen LogP contribution is -2.38. The molecule has 126 valence electrons. The van der Waals surface area contributed by atoms with Crippen LogP contribution in [0, 0.1) is 5.92 Å². The van der Waals surface area contributed by atoms with Gasteiger partial charge in [-0.15, -0.1) is 0 Å². The van der Waals surface area contributed by atoms with E-state index in [1.807, 2.05) is 28.9 Å². The highest BCUT2D eigenvalue weighted by molar-refractivity contribution is 5.89. The highest BCUT2D eigenvalue weighted by Crippen LogP contribution is 2.30. The van der Waals surface area contributed by atoms with E-state index in [4.69, 9.17) is 0 Å². The van der Waals surface area contributed by atoms with Crippen molar-refractivity contribution < 1.29 is 9.59 Å². The summed E-state index contributed by atoms with van der Waals surface area (Å²) in [5.74, 6) is 0.123. The first-order valence-corrected chi connectivity index (χ1v) is 8.67. The number of aryl methyl sites for hydroxylation is 1. The van der Waals surface area contributed by atoms with Gasteiger partial charge in [-0.2, -0.15) is 5.10 Å². The zero-order chi connectivity index (χ0) is 16.2. The SMILES string of the molecule is CN(CCCn1cccn1)C(=O)[C@@H]1CC(=O)N(C2CCCC2)C1. The average Bonchev–Trinajstić information content (AvgIpc) is 3.27. The predicted octanol–water partition coefficient (Wildman–Crippen LogP) is 1.52. The number of rotatable bonds is 6. The Balaban J connectivity index is 1.46. The van der Waals surface area contributed by atoms with Crippen molar-refractivity contribution in [3.8, 4) is 0 Å². The minimum atomic E-state index is -0.155. The lowest BCUT2D eigenvalue weighted by atomic mass is 10.1. The van der Waals surface area contributed by atoms with Crippen molar-refractivity contribution in [2.75, 3.05) is 20.1 Å². The van der Waals surface area contributed by atoms with Crippen molar-refractivity contribution in [3.05, 3.63) is 18.5 Å². The number of aromatic nitrogens is 2. The molecular weight excluding hydrogens is 292 g/mol. The normalized spacial score (nSPS) is 22.0. The molecule has 2 aliphatic rings. The van der Waals surface area contributed by atoms with Gasteiger partial charge >= 0.3 is 0 Å². The van der Waals surface area contributed by atoms with Crippen LogP contribution in [-0.2, 0) is 16.1 Å². The third-order valence-corrected chi connectivity index (χ3v) is 5.09. The largest absolute Gasteiger partial charge is 0.345 e. The topological polar surface area (TPSA) is 58.4 Å². The van der Waals surface area contributed by atoms with Crippen LogP contribution in [0.1, 0.15) is 38.5 Å². The summed E-state index contributed by atoms with van der Waals surface area (Å²) in [5.41, 5.74) is 0. The lowest BCUT2D eigenvalue weighted by molar-refractivity contribution is -0.134. The summed E-state index contributed by atoms with van der Waals surface area (Å²) in [5, 5.41) is 4.16. The van der Waals surface area contributed by atoms with Crippen molar-refractivity contribution in [2.45, 2.75) is 51.1 Å². The minimum Gasteiger partial charge on any atom is -0.345 e. The van der Waals surface area contributed by atoms with E-state index in [2.05, 4.69) is 5.10 Å². The van der Waals surface area contributed by atoms with Gasteiger partial charge in [-0.05, 0) is 25.3 Å². The number of hydrogen-bond acceptors (Lipinski definition) is 3. The van der Waals surface area contributed by atoms with Crippen LogP contribution >= 0.6 is 0 Å². The zero-order valence-electron chi connectivity index (χ0n) is 13.9. The molecule has 2 heterocycles. The van der Waals surface area contributed by atoms with Gasteiger partial charge < -0.3 is 9.80 Å². The highest BCUT2D eigenvalue weighted by Gasteiger charge is 2.39. The average molecular weight is 318 g/mol. The molecule has 6 nitrogen and oxygen atoms in total. The van der Waals surface area contributed by atoms with Gasteiger partial charge in [0.15, 0.2) is 0 Å². The molecule has 1 saturated heterocycles. The van der Waals surface area contributed by atoms with Gasteiger partial charge in [-0.25, -0.2) is 0 Å². The molecule has 1 aromatic rings.